The van der Waals surface area contributed by atoms with Gasteiger partial charge >= 0.3 is 0 Å². The first-order valence-corrected chi connectivity index (χ1v) is 8.96. The summed E-state index contributed by atoms with van der Waals surface area (Å²) in [5, 5.41) is 3.82. The van der Waals surface area contributed by atoms with Crippen LogP contribution in [0, 0.1) is 5.92 Å². The zero-order valence-corrected chi connectivity index (χ0v) is 13.7. The third-order valence-electron chi connectivity index (χ3n) is 4.90. The molecule has 0 saturated carbocycles. The highest BCUT2D eigenvalue weighted by Crippen LogP contribution is 2.13. The van der Waals surface area contributed by atoms with Crippen molar-refractivity contribution in [3.63, 3.8) is 0 Å². The second-order valence-corrected chi connectivity index (χ2v) is 6.99. The Hall–Kier alpha value is -0.120. The quantitative estimate of drug-likeness (QED) is 0.774. The number of likely N-dealkylation sites (tertiary alicyclic amines) is 2. The lowest BCUT2D eigenvalue weighted by atomic mass is 10.0. The van der Waals surface area contributed by atoms with Gasteiger partial charge in [0.15, 0.2) is 0 Å². The molecule has 2 fully saturated rings. The van der Waals surface area contributed by atoms with E-state index in [4.69, 9.17) is 0 Å². The average Bonchev–Trinajstić information content (AvgIpc) is 2.48. The first kappa shape index (κ1) is 16.3. The maximum atomic E-state index is 3.82. The van der Waals surface area contributed by atoms with E-state index in [0.29, 0.717) is 0 Å². The Kier molecular flexibility index (Phi) is 7.32. The van der Waals surface area contributed by atoms with Crippen molar-refractivity contribution in [2.75, 3.05) is 45.8 Å². The van der Waals surface area contributed by atoms with Gasteiger partial charge in [-0.3, -0.25) is 0 Å². The van der Waals surface area contributed by atoms with E-state index in [1.165, 1.54) is 84.3 Å². The van der Waals surface area contributed by atoms with Crippen molar-refractivity contribution >= 4 is 0 Å². The second-order valence-electron chi connectivity index (χ2n) is 6.99. The molecule has 2 rings (SSSR count). The molecule has 0 spiro atoms. The summed E-state index contributed by atoms with van der Waals surface area (Å²) < 4.78 is 0. The molecule has 1 N–H and O–H groups in total. The van der Waals surface area contributed by atoms with Gasteiger partial charge in [0.2, 0.25) is 0 Å². The van der Waals surface area contributed by atoms with E-state index < -0.39 is 0 Å². The Morgan fingerprint density at radius 1 is 1.00 bits per heavy atom. The fourth-order valence-electron chi connectivity index (χ4n) is 3.69. The highest BCUT2D eigenvalue weighted by Gasteiger charge is 2.19. The fourth-order valence-corrected chi connectivity index (χ4v) is 3.69. The Morgan fingerprint density at radius 2 is 1.70 bits per heavy atom. The van der Waals surface area contributed by atoms with Crippen LogP contribution in [0.2, 0.25) is 0 Å². The molecule has 3 nitrogen and oxygen atoms in total. The van der Waals surface area contributed by atoms with Crippen LogP contribution in [0.1, 0.15) is 52.4 Å². The predicted molar refractivity (Wildman–Crippen MR) is 87.2 cm³/mol. The lowest BCUT2D eigenvalue weighted by molar-refractivity contribution is 0.179. The van der Waals surface area contributed by atoms with Gasteiger partial charge in [-0.15, -0.1) is 0 Å². The van der Waals surface area contributed by atoms with Crippen LogP contribution >= 0.6 is 0 Å². The van der Waals surface area contributed by atoms with Crippen LogP contribution < -0.4 is 5.32 Å². The average molecular weight is 281 g/mol. The van der Waals surface area contributed by atoms with Crippen molar-refractivity contribution in [3.05, 3.63) is 0 Å². The molecule has 0 radical (unpaired) electrons. The highest BCUT2D eigenvalue weighted by molar-refractivity contribution is 4.78. The normalized spacial score (nSPS) is 24.9. The maximum absolute atomic E-state index is 3.82. The van der Waals surface area contributed by atoms with E-state index in [2.05, 4.69) is 29.0 Å². The van der Waals surface area contributed by atoms with E-state index in [9.17, 15) is 0 Å². The number of hydrogen-bond acceptors (Lipinski definition) is 3. The number of hydrogen-bond donors (Lipinski definition) is 1. The molecule has 118 valence electrons. The van der Waals surface area contributed by atoms with Crippen LogP contribution in [0.4, 0.5) is 0 Å². The molecular weight excluding hydrogens is 246 g/mol. The minimum atomic E-state index is 0.770. The van der Waals surface area contributed by atoms with Crippen molar-refractivity contribution in [2.24, 2.45) is 5.92 Å². The van der Waals surface area contributed by atoms with Crippen LogP contribution in [0.25, 0.3) is 0 Å². The largest absolute Gasteiger partial charge is 0.314 e. The van der Waals surface area contributed by atoms with Crippen molar-refractivity contribution in [1.82, 2.24) is 15.1 Å². The topological polar surface area (TPSA) is 18.5 Å². The van der Waals surface area contributed by atoms with Gasteiger partial charge in [-0.1, -0.05) is 20.3 Å². The predicted octanol–water partition coefficient (Wildman–Crippen LogP) is 2.57. The molecule has 0 aromatic carbocycles. The zero-order valence-electron chi connectivity index (χ0n) is 13.7. The van der Waals surface area contributed by atoms with Crippen molar-refractivity contribution in [2.45, 2.75) is 58.4 Å². The number of rotatable bonds is 7. The summed E-state index contributed by atoms with van der Waals surface area (Å²) in [5.41, 5.74) is 0. The lowest BCUT2D eigenvalue weighted by Gasteiger charge is -2.34. The SMILES string of the molecule is CCCN1CCC(NCC(C)CN2CCCCC2)CC1. The van der Waals surface area contributed by atoms with Gasteiger partial charge in [0.1, 0.15) is 0 Å². The van der Waals surface area contributed by atoms with E-state index in [1.54, 1.807) is 0 Å². The third-order valence-corrected chi connectivity index (χ3v) is 4.90. The van der Waals surface area contributed by atoms with Crippen molar-refractivity contribution in [3.8, 4) is 0 Å². The minimum absolute atomic E-state index is 0.770. The van der Waals surface area contributed by atoms with Crippen LogP contribution in [-0.4, -0.2) is 61.7 Å². The fraction of sp³-hybridized carbons (Fsp3) is 1.00. The molecule has 2 saturated heterocycles. The minimum Gasteiger partial charge on any atom is -0.314 e. The van der Waals surface area contributed by atoms with E-state index >= 15 is 0 Å². The molecule has 2 aliphatic heterocycles. The summed E-state index contributed by atoms with van der Waals surface area (Å²) in [6.07, 6.45) is 8.25. The Morgan fingerprint density at radius 3 is 2.35 bits per heavy atom. The third kappa shape index (κ3) is 5.71. The van der Waals surface area contributed by atoms with Crippen LogP contribution in [-0.2, 0) is 0 Å². The Labute approximate surface area is 126 Å². The van der Waals surface area contributed by atoms with Gasteiger partial charge in [0, 0.05) is 12.6 Å². The molecule has 20 heavy (non-hydrogen) atoms. The summed E-state index contributed by atoms with van der Waals surface area (Å²) in [6.45, 7) is 13.7. The van der Waals surface area contributed by atoms with Crippen molar-refractivity contribution in [1.29, 1.82) is 0 Å². The molecule has 3 heteroatoms. The highest BCUT2D eigenvalue weighted by atomic mass is 15.1. The Bertz CT molecular complexity index is 243. The van der Waals surface area contributed by atoms with Gasteiger partial charge < -0.3 is 15.1 Å². The summed E-state index contributed by atoms with van der Waals surface area (Å²) in [4.78, 5) is 5.29. The molecule has 2 heterocycles. The van der Waals surface area contributed by atoms with Gasteiger partial charge in [-0.25, -0.2) is 0 Å². The molecule has 0 aliphatic carbocycles. The molecule has 2 aliphatic rings. The van der Waals surface area contributed by atoms with Crippen molar-refractivity contribution < 1.29 is 0 Å². The number of nitrogens with one attached hydrogen (secondary N) is 1. The van der Waals surface area contributed by atoms with Gasteiger partial charge in [-0.05, 0) is 77.3 Å². The van der Waals surface area contributed by atoms with Crippen LogP contribution in [0.5, 0.6) is 0 Å². The van der Waals surface area contributed by atoms with E-state index in [1.807, 2.05) is 0 Å². The first-order chi connectivity index (χ1) is 9.78. The second kappa shape index (κ2) is 9.01. The lowest BCUT2D eigenvalue weighted by Crippen LogP contribution is -2.45. The summed E-state index contributed by atoms with van der Waals surface area (Å²) in [7, 11) is 0. The van der Waals surface area contributed by atoms with Crippen LogP contribution in [0.15, 0.2) is 0 Å². The standard InChI is InChI=1S/C17H35N3/c1-3-9-19-12-7-17(8-13-19)18-14-16(2)15-20-10-5-4-6-11-20/h16-18H,3-15H2,1-2H3. The molecule has 0 amide bonds. The summed E-state index contributed by atoms with van der Waals surface area (Å²) in [6, 6.07) is 0.770. The molecule has 0 aromatic heterocycles. The molecule has 1 atom stereocenters. The van der Waals surface area contributed by atoms with E-state index in [-0.39, 0.29) is 0 Å². The zero-order chi connectivity index (χ0) is 14.2. The van der Waals surface area contributed by atoms with Gasteiger partial charge in [0.25, 0.3) is 0 Å². The van der Waals surface area contributed by atoms with Gasteiger partial charge in [-0.2, -0.15) is 0 Å². The Balaban J connectivity index is 1.55. The summed E-state index contributed by atoms with van der Waals surface area (Å²) >= 11 is 0. The first-order valence-electron chi connectivity index (χ1n) is 8.96. The molecule has 0 bridgehead atoms. The number of piperidine rings is 2. The molecular formula is C17H35N3. The smallest absolute Gasteiger partial charge is 0.00915 e. The monoisotopic (exact) mass is 281 g/mol. The van der Waals surface area contributed by atoms with E-state index in [0.717, 1.165) is 12.0 Å². The molecule has 1 unspecified atom stereocenters. The van der Waals surface area contributed by atoms with Crippen LogP contribution in [0.3, 0.4) is 0 Å². The summed E-state index contributed by atoms with van der Waals surface area (Å²) in [5.74, 6) is 0.793. The molecule has 0 aromatic rings. The van der Waals surface area contributed by atoms with Gasteiger partial charge in [0.05, 0.1) is 0 Å². The number of nitrogens with zero attached hydrogens (tertiary/aromatic N) is 2. The maximum Gasteiger partial charge on any atom is 0.00915 e.